The average Bonchev–Trinajstić information content (AvgIpc) is 2.18. The molecule has 0 unspecified atom stereocenters. The largest absolute Gasteiger partial charge is 0.238 e. The quantitative estimate of drug-likeness (QED) is 0.821. The van der Waals surface area contributed by atoms with E-state index >= 15 is 0 Å². The normalized spacial score (nSPS) is 10.2. The summed E-state index contributed by atoms with van der Waals surface area (Å²) < 4.78 is 21.2. The lowest BCUT2D eigenvalue weighted by molar-refractivity contribution is 0.598. The third-order valence-corrected chi connectivity index (χ3v) is 2.50. The molecule has 0 fully saturated rings. The molecule has 14 heavy (non-hydrogen) atoms. The molecule has 0 aliphatic rings. The molecule has 0 aromatic heterocycles. The van der Waals surface area contributed by atoms with Gasteiger partial charge in [0.1, 0.15) is 0 Å². The molecular weight excluding hydrogens is 198 g/mol. The Morgan fingerprint density at radius 1 is 1.07 bits per heavy atom. The van der Waals surface area contributed by atoms with E-state index in [0.717, 1.165) is 0 Å². The van der Waals surface area contributed by atoms with Crippen LogP contribution in [-0.4, -0.2) is 8.42 Å². The Balaban J connectivity index is 0.000000364. The van der Waals surface area contributed by atoms with Gasteiger partial charge in [0.2, 0.25) is 10.0 Å². The van der Waals surface area contributed by atoms with Gasteiger partial charge in [0.15, 0.2) is 0 Å². The van der Waals surface area contributed by atoms with Crippen molar-refractivity contribution < 1.29 is 8.42 Å². The van der Waals surface area contributed by atoms with Crippen molar-refractivity contribution in [1.29, 1.82) is 0 Å². The SMILES string of the molecule is CCCC.NS(=O)(=O)c1ccccc1. The lowest BCUT2D eigenvalue weighted by Gasteiger charge is -1.93. The van der Waals surface area contributed by atoms with Gasteiger partial charge in [-0.05, 0) is 12.1 Å². The van der Waals surface area contributed by atoms with Crippen molar-refractivity contribution in [2.45, 2.75) is 31.6 Å². The number of primary sulfonamides is 1. The summed E-state index contributed by atoms with van der Waals surface area (Å²) in [6, 6.07) is 7.89. The fraction of sp³-hybridized carbons (Fsp3) is 0.400. The van der Waals surface area contributed by atoms with Crippen molar-refractivity contribution in [2.24, 2.45) is 5.14 Å². The fourth-order valence-electron chi connectivity index (χ4n) is 0.610. The van der Waals surface area contributed by atoms with Gasteiger partial charge in [0, 0.05) is 0 Å². The number of hydrogen-bond donors (Lipinski definition) is 1. The third kappa shape index (κ3) is 5.72. The first kappa shape index (κ1) is 13.1. The van der Waals surface area contributed by atoms with Crippen molar-refractivity contribution in [1.82, 2.24) is 0 Å². The smallest absolute Gasteiger partial charge is 0.225 e. The van der Waals surface area contributed by atoms with Crippen molar-refractivity contribution in [3.8, 4) is 0 Å². The van der Waals surface area contributed by atoms with Crippen LogP contribution in [0.15, 0.2) is 35.2 Å². The van der Waals surface area contributed by atoms with Crippen molar-refractivity contribution in [3.05, 3.63) is 30.3 Å². The molecule has 0 aliphatic carbocycles. The zero-order chi connectivity index (χ0) is 11.0. The zero-order valence-corrected chi connectivity index (χ0v) is 9.42. The summed E-state index contributed by atoms with van der Waals surface area (Å²) in [5.41, 5.74) is 0. The second kappa shape index (κ2) is 6.56. The molecule has 0 bridgehead atoms. The van der Waals surface area contributed by atoms with Crippen molar-refractivity contribution in [2.75, 3.05) is 0 Å². The summed E-state index contributed by atoms with van der Waals surface area (Å²) in [6.45, 7) is 4.36. The van der Waals surface area contributed by atoms with Gasteiger partial charge in [-0.1, -0.05) is 44.9 Å². The molecule has 0 saturated carbocycles. The Kier molecular flexibility index (Phi) is 6.16. The molecule has 0 radical (unpaired) electrons. The van der Waals surface area contributed by atoms with Crippen LogP contribution in [0, 0.1) is 0 Å². The van der Waals surface area contributed by atoms with Crippen LogP contribution < -0.4 is 5.14 Å². The van der Waals surface area contributed by atoms with E-state index in [1.54, 1.807) is 18.2 Å². The van der Waals surface area contributed by atoms with Gasteiger partial charge in [0.25, 0.3) is 0 Å². The Bertz CT molecular complexity index is 330. The van der Waals surface area contributed by atoms with Gasteiger partial charge in [-0.25, -0.2) is 13.6 Å². The van der Waals surface area contributed by atoms with E-state index in [9.17, 15) is 8.42 Å². The van der Waals surface area contributed by atoms with Gasteiger partial charge in [-0.3, -0.25) is 0 Å². The van der Waals surface area contributed by atoms with E-state index in [4.69, 9.17) is 5.14 Å². The zero-order valence-electron chi connectivity index (χ0n) is 8.60. The lowest BCUT2D eigenvalue weighted by Crippen LogP contribution is -2.11. The van der Waals surface area contributed by atoms with Crippen LogP contribution in [0.4, 0.5) is 0 Å². The first-order chi connectivity index (χ1) is 6.52. The van der Waals surface area contributed by atoms with Gasteiger partial charge < -0.3 is 0 Å². The Hall–Kier alpha value is -0.870. The van der Waals surface area contributed by atoms with Crippen LogP contribution in [0.3, 0.4) is 0 Å². The molecule has 80 valence electrons. The topological polar surface area (TPSA) is 60.2 Å². The standard InChI is InChI=1S/C6H7NO2S.C4H10/c7-10(8,9)6-4-2-1-3-5-6;1-3-4-2/h1-5H,(H2,7,8,9);3-4H2,1-2H3. The van der Waals surface area contributed by atoms with Gasteiger partial charge in [-0.15, -0.1) is 0 Å². The predicted molar refractivity (Wildman–Crippen MR) is 58.4 cm³/mol. The Labute approximate surface area is 86.0 Å². The van der Waals surface area contributed by atoms with Gasteiger partial charge >= 0.3 is 0 Å². The minimum absolute atomic E-state index is 0.148. The highest BCUT2D eigenvalue weighted by atomic mass is 32.2. The minimum atomic E-state index is -3.50. The maximum absolute atomic E-state index is 10.6. The minimum Gasteiger partial charge on any atom is -0.225 e. The highest BCUT2D eigenvalue weighted by molar-refractivity contribution is 7.89. The summed E-state index contributed by atoms with van der Waals surface area (Å²) >= 11 is 0. The van der Waals surface area contributed by atoms with Crippen LogP contribution in [0.5, 0.6) is 0 Å². The monoisotopic (exact) mass is 215 g/mol. The van der Waals surface area contributed by atoms with Crippen LogP contribution in [0.1, 0.15) is 26.7 Å². The Morgan fingerprint density at radius 2 is 1.50 bits per heavy atom. The van der Waals surface area contributed by atoms with E-state index in [0.29, 0.717) is 0 Å². The maximum atomic E-state index is 10.6. The number of rotatable bonds is 2. The maximum Gasteiger partial charge on any atom is 0.238 e. The van der Waals surface area contributed by atoms with Gasteiger partial charge in [-0.2, -0.15) is 0 Å². The number of sulfonamides is 1. The van der Waals surface area contributed by atoms with Crippen molar-refractivity contribution >= 4 is 10.0 Å². The summed E-state index contributed by atoms with van der Waals surface area (Å²) in [5.74, 6) is 0. The molecule has 0 saturated heterocycles. The van der Waals surface area contributed by atoms with Crippen LogP contribution >= 0.6 is 0 Å². The number of hydrogen-bond acceptors (Lipinski definition) is 2. The van der Waals surface area contributed by atoms with Gasteiger partial charge in [0.05, 0.1) is 4.90 Å². The first-order valence-electron chi connectivity index (χ1n) is 4.60. The number of nitrogens with two attached hydrogens (primary N) is 1. The molecule has 0 amide bonds. The molecule has 4 heteroatoms. The van der Waals surface area contributed by atoms with E-state index in [1.807, 2.05) is 0 Å². The van der Waals surface area contributed by atoms with Crippen molar-refractivity contribution in [3.63, 3.8) is 0 Å². The summed E-state index contributed by atoms with van der Waals surface area (Å²) in [4.78, 5) is 0.148. The molecule has 1 aromatic carbocycles. The second-order valence-electron chi connectivity index (χ2n) is 2.86. The van der Waals surface area contributed by atoms with E-state index < -0.39 is 10.0 Å². The molecular formula is C10H17NO2S. The third-order valence-electron chi connectivity index (χ3n) is 1.57. The number of unbranched alkanes of at least 4 members (excludes halogenated alkanes) is 1. The molecule has 1 rings (SSSR count). The molecule has 0 aliphatic heterocycles. The average molecular weight is 215 g/mol. The summed E-state index contributed by atoms with van der Waals surface area (Å²) in [5, 5.41) is 4.83. The number of benzene rings is 1. The lowest BCUT2D eigenvalue weighted by atomic mass is 10.4. The fourth-order valence-corrected chi connectivity index (χ4v) is 1.15. The van der Waals surface area contributed by atoms with E-state index in [1.165, 1.54) is 25.0 Å². The van der Waals surface area contributed by atoms with Crippen LogP contribution in [-0.2, 0) is 10.0 Å². The molecule has 0 heterocycles. The molecule has 0 spiro atoms. The van der Waals surface area contributed by atoms with Crippen LogP contribution in [0.25, 0.3) is 0 Å². The molecule has 3 nitrogen and oxygen atoms in total. The first-order valence-corrected chi connectivity index (χ1v) is 6.14. The highest BCUT2D eigenvalue weighted by Crippen LogP contribution is 2.02. The summed E-state index contributed by atoms with van der Waals surface area (Å²) in [7, 11) is -3.50. The molecule has 1 aromatic rings. The summed E-state index contributed by atoms with van der Waals surface area (Å²) in [6.07, 6.45) is 2.64. The molecule has 0 atom stereocenters. The van der Waals surface area contributed by atoms with E-state index in [-0.39, 0.29) is 4.90 Å². The molecule has 2 N–H and O–H groups in total. The Morgan fingerprint density at radius 3 is 1.71 bits per heavy atom. The van der Waals surface area contributed by atoms with E-state index in [2.05, 4.69) is 13.8 Å². The highest BCUT2D eigenvalue weighted by Gasteiger charge is 2.03. The van der Waals surface area contributed by atoms with Crippen LogP contribution in [0.2, 0.25) is 0 Å². The second-order valence-corrected chi connectivity index (χ2v) is 4.42. The predicted octanol–water partition coefficient (Wildman–Crippen LogP) is 2.14.